The minimum absolute atomic E-state index is 0.254. The molecule has 2 aromatic carbocycles. The number of aromatic nitrogens is 1. The molecule has 0 unspecified atom stereocenters. The second-order valence-electron chi connectivity index (χ2n) is 8.19. The number of hydrogen-bond acceptors (Lipinski definition) is 4. The Morgan fingerprint density at radius 1 is 1.12 bits per heavy atom. The molecule has 168 valence electrons. The van der Waals surface area contributed by atoms with Crippen molar-refractivity contribution in [2.45, 2.75) is 39.7 Å². The molecule has 0 radical (unpaired) electrons. The van der Waals surface area contributed by atoms with E-state index in [1.807, 2.05) is 37.3 Å². The molecule has 0 bridgehead atoms. The van der Waals surface area contributed by atoms with Gasteiger partial charge in [0.05, 0.1) is 5.71 Å². The number of benzene rings is 2. The highest BCUT2D eigenvalue weighted by Gasteiger charge is 2.28. The van der Waals surface area contributed by atoms with E-state index in [1.165, 1.54) is 5.52 Å². The highest BCUT2D eigenvalue weighted by Crippen LogP contribution is 2.33. The largest absolute Gasteiger partial charge is 0.455 e. The third-order valence-electron chi connectivity index (χ3n) is 6.18. The van der Waals surface area contributed by atoms with Crippen molar-refractivity contribution in [3.05, 3.63) is 65.1 Å². The molecule has 4 aromatic rings. The second-order valence-corrected chi connectivity index (χ2v) is 8.19. The van der Waals surface area contributed by atoms with E-state index in [4.69, 9.17) is 10.2 Å². The Bertz CT molecular complexity index is 1440. The van der Waals surface area contributed by atoms with Crippen molar-refractivity contribution >= 4 is 45.1 Å². The summed E-state index contributed by atoms with van der Waals surface area (Å²) in [5, 5.41) is 9.34. The smallest absolute Gasteiger partial charge is 0.332 e. The third-order valence-corrected chi connectivity index (χ3v) is 6.18. The minimum Gasteiger partial charge on any atom is -0.455 e. The second kappa shape index (κ2) is 8.12. The van der Waals surface area contributed by atoms with E-state index in [9.17, 15) is 9.59 Å². The SMILES string of the molecule is CCn1c2ccccc2c2cc(NC(=O)c3oc4c(c3C)/C(=N/NC(N)=O)CCC4)ccc21. The van der Waals surface area contributed by atoms with E-state index in [0.29, 0.717) is 35.6 Å². The first-order valence-electron chi connectivity index (χ1n) is 11.0. The fourth-order valence-electron chi connectivity index (χ4n) is 4.78. The first-order chi connectivity index (χ1) is 16.0. The molecular weight excluding hydrogens is 418 g/mol. The van der Waals surface area contributed by atoms with Gasteiger partial charge in [-0.3, -0.25) is 4.79 Å². The van der Waals surface area contributed by atoms with Gasteiger partial charge in [0.1, 0.15) is 5.76 Å². The van der Waals surface area contributed by atoms with E-state index in [1.54, 1.807) is 0 Å². The van der Waals surface area contributed by atoms with Crippen LogP contribution in [0.2, 0.25) is 0 Å². The molecular formula is C25H25N5O3. The quantitative estimate of drug-likeness (QED) is 0.398. The molecule has 2 heterocycles. The summed E-state index contributed by atoms with van der Waals surface area (Å²) in [5.41, 5.74) is 12.6. The maximum atomic E-state index is 13.1. The summed E-state index contributed by atoms with van der Waals surface area (Å²) >= 11 is 0. The van der Waals surface area contributed by atoms with Crippen molar-refractivity contribution in [1.82, 2.24) is 9.99 Å². The lowest BCUT2D eigenvalue weighted by molar-refractivity contribution is 0.0994. The maximum Gasteiger partial charge on any atom is 0.332 e. The number of nitrogens with two attached hydrogens (primary N) is 1. The number of furan rings is 1. The number of hydrogen-bond donors (Lipinski definition) is 3. The summed E-state index contributed by atoms with van der Waals surface area (Å²) in [7, 11) is 0. The predicted molar refractivity (Wildman–Crippen MR) is 129 cm³/mol. The zero-order chi connectivity index (χ0) is 23.1. The number of aryl methyl sites for hydroxylation is 2. The van der Waals surface area contributed by atoms with Gasteiger partial charge in [-0.15, -0.1) is 0 Å². The van der Waals surface area contributed by atoms with Gasteiger partial charge < -0.3 is 20.0 Å². The molecule has 0 atom stereocenters. The van der Waals surface area contributed by atoms with Crippen molar-refractivity contribution in [3.8, 4) is 0 Å². The van der Waals surface area contributed by atoms with E-state index in [2.05, 4.69) is 39.5 Å². The Kier molecular flexibility index (Phi) is 5.12. The number of primary amides is 1. The highest BCUT2D eigenvalue weighted by molar-refractivity contribution is 6.12. The zero-order valence-corrected chi connectivity index (χ0v) is 18.6. The monoisotopic (exact) mass is 443 g/mol. The van der Waals surface area contributed by atoms with Gasteiger partial charge in [-0.1, -0.05) is 18.2 Å². The number of carbonyl (C=O) groups excluding carboxylic acids is 2. The lowest BCUT2D eigenvalue weighted by atomic mass is 9.93. The van der Waals surface area contributed by atoms with E-state index < -0.39 is 6.03 Å². The number of anilines is 1. The van der Waals surface area contributed by atoms with Crippen molar-refractivity contribution in [2.75, 3.05) is 5.32 Å². The fraction of sp³-hybridized carbons (Fsp3) is 0.240. The molecule has 5 rings (SSSR count). The molecule has 3 amide bonds. The van der Waals surface area contributed by atoms with Gasteiger partial charge in [0.25, 0.3) is 5.91 Å². The number of urea groups is 1. The van der Waals surface area contributed by atoms with Crippen LogP contribution >= 0.6 is 0 Å². The molecule has 0 aliphatic heterocycles. The molecule has 8 heteroatoms. The summed E-state index contributed by atoms with van der Waals surface area (Å²) in [6, 6.07) is 13.5. The zero-order valence-electron chi connectivity index (χ0n) is 18.6. The molecule has 2 aromatic heterocycles. The number of fused-ring (bicyclic) bond motifs is 4. The van der Waals surface area contributed by atoms with Crippen LogP contribution in [-0.2, 0) is 13.0 Å². The molecule has 4 N–H and O–H groups in total. The Balaban J connectivity index is 1.49. The third kappa shape index (κ3) is 3.53. The molecule has 33 heavy (non-hydrogen) atoms. The summed E-state index contributed by atoms with van der Waals surface area (Å²) in [6.07, 6.45) is 2.20. The van der Waals surface area contributed by atoms with Crippen molar-refractivity contribution in [2.24, 2.45) is 10.8 Å². The average Bonchev–Trinajstić information content (AvgIpc) is 3.32. The number of nitrogens with zero attached hydrogens (tertiary/aromatic N) is 2. The van der Waals surface area contributed by atoms with Crippen LogP contribution in [0.3, 0.4) is 0 Å². The van der Waals surface area contributed by atoms with Crippen molar-refractivity contribution < 1.29 is 14.0 Å². The molecule has 1 aliphatic rings. The van der Waals surface area contributed by atoms with Crippen LogP contribution in [0, 0.1) is 6.92 Å². The van der Waals surface area contributed by atoms with Crippen molar-refractivity contribution in [1.29, 1.82) is 0 Å². The van der Waals surface area contributed by atoms with Crippen LogP contribution in [0.1, 0.15) is 47.2 Å². The van der Waals surface area contributed by atoms with E-state index in [-0.39, 0.29) is 11.7 Å². The van der Waals surface area contributed by atoms with Gasteiger partial charge in [-0.25, -0.2) is 10.2 Å². The Labute approximate surface area is 190 Å². The Morgan fingerprint density at radius 2 is 1.91 bits per heavy atom. The number of carbonyl (C=O) groups is 2. The molecule has 0 fully saturated rings. The summed E-state index contributed by atoms with van der Waals surface area (Å²) in [4.78, 5) is 24.2. The van der Waals surface area contributed by atoms with E-state index >= 15 is 0 Å². The number of nitrogens with one attached hydrogen (secondary N) is 2. The van der Waals surface area contributed by atoms with Crippen LogP contribution in [0.15, 0.2) is 52.0 Å². The van der Waals surface area contributed by atoms with Gasteiger partial charge in [0, 0.05) is 51.6 Å². The maximum absolute atomic E-state index is 13.1. The van der Waals surface area contributed by atoms with Crippen molar-refractivity contribution in [3.63, 3.8) is 0 Å². The summed E-state index contributed by atoms with van der Waals surface area (Å²) in [5.74, 6) is 0.642. The summed E-state index contributed by atoms with van der Waals surface area (Å²) in [6.45, 7) is 4.82. The molecule has 0 saturated heterocycles. The molecule has 0 spiro atoms. The fourth-order valence-corrected chi connectivity index (χ4v) is 4.78. The van der Waals surface area contributed by atoms with Gasteiger partial charge in [-0.2, -0.15) is 5.10 Å². The first kappa shape index (κ1) is 20.8. The number of amides is 3. The van der Waals surface area contributed by atoms with Crippen LogP contribution in [-0.4, -0.2) is 22.2 Å². The van der Waals surface area contributed by atoms with Gasteiger partial charge in [0.15, 0.2) is 5.76 Å². The molecule has 1 aliphatic carbocycles. The molecule has 8 nitrogen and oxygen atoms in total. The van der Waals surface area contributed by atoms with Crippen LogP contribution in [0.25, 0.3) is 21.8 Å². The van der Waals surface area contributed by atoms with Crippen LogP contribution in [0.4, 0.5) is 10.5 Å². The van der Waals surface area contributed by atoms with Crippen LogP contribution in [0.5, 0.6) is 0 Å². The van der Waals surface area contributed by atoms with Gasteiger partial charge >= 0.3 is 6.03 Å². The lowest BCUT2D eigenvalue weighted by Crippen LogP contribution is -2.27. The first-order valence-corrected chi connectivity index (χ1v) is 11.0. The average molecular weight is 444 g/mol. The van der Waals surface area contributed by atoms with Gasteiger partial charge in [0.2, 0.25) is 0 Å². The number of hydrazone groups is 1. The van der Waals surface area contributed by atoms with E-state index in [0.717, 1.165) is 34.8 Å². The Morgan fingerprint density at radius 3 is 2.70 bits per heavy atom. The number of rotatable bonds is 4. The Hall–Kier alpha value is -4.07. The highest BCUT2D eigenvalue weighted by atomic mass is 16.4. The predicted octanol–water partition coefficient (Wildman–Crippen LogP) is 4.68. The normalized spacial score (nSPS) is 14.5. The topological polar surface area (TPSA) is 115 Å². The van der Waals surface area contributed by atoms with Gasteiger partial charge in [-0.05, 0) is 51.0 Å². The minimum atomic E-state index is -0.728. The lowest BCUT2D eigenvalue weighted by Gasteiger charge is -2.13. The number of para-hydroxylation sites is 1. The molecule has 0 saturated carbocycles. The summed E-state index contributed by atoms with van der Waals surface area (Å²) < 4.78 is 8.21. The van der Waals surface area contributed by atoms with Crippen LogP contribution < -0.4 is 16.5 Å². The standard InChI is InChI=1S/C25H25N5O3/c1-3-30-19-9-5-4-7-16(19)17-13-15(11-12-20(17)30)27-24(31)23-14(2)22-18(28-29-25(26)32)8-6-10-21(22)33-23/h4-5,7,9,11-13H,3,6,8,10H2,1-2H3,(H,27,31)(H3,26,29,32)/b28-18+.